The predicted octanol–water partition coefficient (Wildman–Crippen LogP) is 0.637. The Labute approximate surface area is 115 Å². The molecule has 5 nitrogen and oxygen atoms in total. The van der Waals surface area contributed by atoms with Crippen LogP contribution in [0.25, 0.3) is 0 Å². The minimum absolute atomic E-state index is 0.0120. The molecule has 0 aromatic heterocycles. The van der Waals surface area contributed by atoms with E-state index >= 15 is 0 Å². The molecule has 0 radical (unpaired) electrons. The summed E-state index contributed by atoms with van der Waals surface area (Å²) < 4.78 is 0. The molecule has 0 unspecified atom stereocenters. The Morgan fingerprint density at radius 2 is 1.63 bits per heavy atom. The first-order valence-corrected chi connectivity index (χ1v) is 6.84. The molecule has 2 amide bonds. The molecule has 1 aliphatic rings. The molecular formula is C14H27N3O2. The van der Waals surface area contributed by atoms with E-state index < -0.39 is 6.04 Å². The van der Waals surface area contributed by atoms with Gasteiger partial charge in [0, 0.05) is 6.04 Å². The molecule has 19 heavy (non-hydrogen) atoms. The summed E-state index contributed by atoms with van der Waals surface area (Å²) in [6.07, 6.45) is 0. The van der Waals surface area contributed by atoms with E-state index in [0.717, 1.165) is 0 Å². The van der Waals surface area contributed by atoms with Crippen LogP contribution in [0.2, 0.25) is 0 Å². The molecule has 0 spiro atoms. The number of hydrogen-bond acceptors (Lipinski definition) is 3. The molecule has 0 aromatic carbocycles. The van der Waals surface area contributed by atoms with Crippen molar-refractivity contribution in [3.05, 3.63) is 0 Å². The third-order valence-electron chi connectivity index (χ3n) is 4.77. The van der Waals surface area contributed by atoms with Crippen LogP contribution >= 0.6 is 0 Å². The van der Waals surface area contributed by atoms with Crippen molar-refractivity contribution in [3.8, 4) is 0 Å². The van der Waals surface area contributed by atoms with Gasteiger partial charge in [-0.1, -0.05) is 41.5 Å². The van der Waals surface area contributed by atoms with E-state index in [4.69, 9.17) is 5.73 Å². The first kappa shape index (κ1) is 16.0. The lowest BCUT2D eigenvalue weighted by Crippen LogP contribution is -2.47. The van der Waals surface area contributed by atoms with Crippen molar-refractivity contribution in [3.63, 3.8) is 0 Å². The third kappa shape index (κ3) is 3.08. The lowest BCUT2D eigenvalue weighted by Gasteiger charge is -2.15. The highest BCUT2D eigenvalue weighted by molar-refractivity contribution is 5.87. The van der Waals surface area contributed by atoms with Crippen molar-refractivity contribution in [1.29, 1.82) is 0 Å². The Morgan fingerprint density at radius 1 is 1.16 bits per heavy atom. The van der Waals surface area contributed by atoms with Crippen LogP contribution < -0.4 is 16.4 Å². The Morgan fingerprint density at radius 3 is 2.00 bits per heavy atom. The highest BCUT2D eigenvalue weighted by atomic mass is 16.2. The smallest absolute Gasteiger partial charge is 0.239 e. The van der Waals surface area contributed by atoms with Crippen LogP contribution in [0.1, 0.15) is 41.5 Å². The van der Waals surface area contributed by atoms with Crippen molar-refractivity contribution in [2.45, 2.75) is 53.6 Å². The summed E-state index contributed by atoms with van der Waals surface area (Å²) in [5, 5.41) is 5.54. The predicted molar refractivity (Wildman–Crippen MR) is 75.3 cm³/mol. The van der Waals surface area contributed by atoms with Crippen LogP contribution in [-0.4, -0.2) is 30.4 Å². The molecule has 1 saturated carbocycles. The zero-order valence-electron chi connectivity index (χ0n) is 12.8. The van der Waals surface area contributed by atoms with Gasteiger partial charge in [0.1, 0.15) is 0 Å². The summed E-state index contributed by atoms with van der Waals surface area (Å²) in [6, 6.07) is -0.412. The summed E-state index contributed by atoms with van der Waals surface area (Å²) in [7, 11) is 0. The maximum absolute atomic E-state index is 11.8. The molecule has 1 aliphatic carbocycles. The average Bonchev–Trinajstić information content (AvgIpc) is 2.67. The first-order valence-electron chi connectivity index (χ1n) is 6.84. The van der Waals surface area contributed by atoms with Gasteiger partial charge >= 0.3 is 0 Å². The van der Waals surface area contributed by atoms with Crippen molar-refractivity contribution < 1.29 is 9.59 Å². The molecule has 0 aromatic rings. The lowest BCUT2D eigenvalue weighted by atomic mass is 10.0. The molecule has 0 saturated heterocycles. The number of nitrogens with one attached hydrogen (secondary N) is 2. The van der Waals surface area contributed by atoms with Gasteiger partial charge in [-0.15, -0.1) is 0 Å². The number of rotatable bonds is 5. The summed E-state index contributed by atoms with van der Waals surface area (Å²) in [5.41, 5.74) is 5.90. The zero-order valence-corrected chi connectivity index (χ0v) is 12.8. The summed E-state index contributed by atoms with van der Waals surface area (Å²) in [4.78, 5) is 23.4. The minimum Gasteiger partial charge on any atom is -0.351 e. The second kappa shape index (κ2) is 5.12. The van der Waals surface area contributed by atoms with Crippen LogP contribution in [0.15, 0.2) is 0 Å². The molecule has 0 heterocycles. The average molecular weight is 269 g/mol. The normalized spacial score (nSPS) is 21.9. The van der Waals surface area contributed by atoms with Crippen LogP contribution in [-0.2, 0) is 9.59 Å². The van der Waals surface area contributed by atoms with Gasteiger partial charge in [-0.05, 0) is 16.7 Å². The molecule has 0 bridgehead atoms. The lowest BCUT2D eigenvalue weighted by molar-refractivity contribution is -0.127. The van der Waals surface area contributed by atoms with Gasteiger partial charge in [0.2, 0.25) is 11.8 Å². The second-order valence-electron chi connectivity index (χ2n) is 6.93. The first-order chi connectivity index (χ1) is 8.51. The van der Waals surface area contributed by atoms with E-state index in [-0.39, 0.29) is 41.1 Å². The van der Waals surface area contributed by atoms with Crippen molar-refractivity contribution in [2.24, 2.45) is 22.5 Å². The maximum Gasteiger partial charge on any atom is 0.239 e. The van der Waals surface area contributed by atoms with Crippen molar-refractivity contribution in [2.75, 3.05) is 6.54 Å². The van der Waals surface area contributed by atoms with E-state index in [9.17, 15) is 9.59 Å². The van der Waals surface area contributed by atoms with E-state index in [0.29, 0.717) is 0 Å². The number of nitrogens with two attached hydrogens (primary N) is 1. The zero-order chi connectivity index (χ0) is 15.0. The highest BCUT2D eigenvalue weighted by Crippen LogP contribution is 2.62. The summed E-state index contributed by atoms with van der Waals surface area (Å²) in [6.45, 7) is 12.3. The fraction of sp³-hybridized carbons (Fsp3) is 0.857. The van der Waals surface area contributed by atoms with E-state index in [1.54, 1.807) is 0 Å². The van der Waals surface area contributed by atoms with Gasteiger partial charge < -0.3 is 16.4 Å². The Hall–Kier alpha value is -1.10. The van der Waals surface area contributed by atoms with Gasteiger partial charge in [-0.25, -0.2) is 0 Å². The molecule has 1 fully saturated rings. The molecule has 1 rings (SSSR count). The molecule has 4 N–H and O–H groups in total. The standard InChI is InChI=1S/C14H27N3O2/c1-8(2)10(15)11(19)16-7-9(18)17-12-13(3,4)14(12,5)6/h8,10,12H,7,15H2,1-6H3,(H,16,19)(H,17,18)/t10-/m0/s1. The number of carbonyl (C=O) groups excluding carboxylic acids is 2. The van der Waals surface area contributed by atoms with Crippen molar-refractivity contribution in [1.82, 2.24) is 10.6 Å². The maximum atomic E-state index is 11.8. The quantitative estimate of drug-likeness (QED) is 0.684. The molecule has 5 heteroatoms. The van der Waals surface area contributed by atoms with Gasteiger partial charge in [0.25, 0.3) is 0 Å². The summed E-state index contributed by atoms with van der Waals surface area (Å²) >= 11 is 0. The third-order valence-corrected chi connectivity index (χ3v) is 4.77. The number of carbonyl (C=O) groups is 2. The topological polar surface area (TPSA) is 84.2 Å². The van der Waals surface area contributed by atoms with Crippen molar-refractivity contribution >= 4 is 11.8 Å². The highest BCUT2D eigenvalue weighted by Gasteiger charge is 2.65. The summed E-state index contributed by atoms with van der Waals surface area (Å²) in [5.74, 6) is -0.378. The Bertz CT molecular complexity index is 361. The Kier molecular flexibility index (Phi) is 4.30. The minimum atomic E-state index is -0.568. The van der Waals surface area contributed by atoms with E-state index in [2.05, 4.69) is 38.3 Å². The molecular weight excluding hydrogens is 242 g/mol. The van der Waals surface area contributed by atoms with Gasteiger partial charge in [0.15, 0.2) is 0 Å². The van der Waals surface area contributed by atoms with Gasteiger partial charge in [-0.2, -0.15) is 0 Å². The SMILES string of the molecule is CC(C)[C@H](N)C(=O)NCC(=O)NC1C(C)(C)C1(C)C. The molecule has 1 atom stereocenters. The van der Waals surface area contributed by atoms with Crippen LogP contribution in [0.4, 0.5) is 0 Å². The van der Waals surface area contributed by atoms with Gasteiger partial charge in [0.05, 0.1) is 12.6 Å². The van der Waals surface area contributed by atoms with E-state index in [1.807, 2.05) is 13.8 Å². The van der Waals surface area contributed by atoms with Crippen LogP contribution in [0.5, 0.6) is 0 Å². The largest absolute Gasteiger partial charge is 0.351 e. The Balaban J connectivity index is 2.37. The number of hydrogen-bond donors (Lipinski definition) is 3. The fourth-order valence-electron chi connectivity index (χ4n) is 2.36. The second-order valence-corrected chi connectivity index (χ2v) is 6.93. The van der Waals surface area contributed by atoms with Gasteiger partial charge in [-0.3, -0.25) is 9.59 Å². The van der Waals surface area contributed by atoms with Crippen LogP contribution in [0, 0.1) is 16.7 Å². The van der Waals surface area contributed by atoms with Crippen LogP contribution in [0.3, 0.4) is 0 Å². The van der Waals surface area contributed by atoms with E-state index in [1.165, 1.54) is 0 Å². The molecule has 0 aliphatic heterocycles. The monoisotopic (exact) mass is 269 g/mol. The fourth-order valence-corrected chi connectivity index (χ4v) is 2.36. The molecule has 110 valence electrons. The number of amides is 2.